The molecule has 10 aromatic rings. The number of hydrogen-bond donors (Lipinski definition) is 0. The summed E-state index contributed by atoms with van der Waals surface area (Å²) in [6, 6.07) is 52.6. The van der Waals surface area contributed by atoms with Gasteiger partial charge in [-0.25, -0.2) is 4.98 Å². The molecule has 6 heteroatoms. The van der Waals surface area contributed by atoms with E-state index >= 15 is 0 Å². The predicted molar refractivity (Wildman–Crippen MR) is 287 cm³/mol. The number of benzene rings is 8. The molecule has 350 valence electrons. The fraction of sp³-hybridized carbons (Fsp3) is 0.156. The maximum atomic E-state index is 9.56. The van der Waals surface area contributed by atoms with Crippen LogP contribution in [0.15, 0.2) is 182 Å². The van der Waals surface area contributed by atoms with Crippen molar-refractivity contribution in [3.8, 4) is 50.7 Å². The molecule has 0 amide bonds. The number of pyridine rings is 1. The normalized spacial score (nSPS) is 15.1. The molecule has 0 N–H and O–H groups in total. The standard InChI is InChI=1S/C64H55N4O.Pt/c1-42-17-9-10-20-51(42)52-33-29-45(37-43(52)2)54-23-16-22-53(44-27-30-46(31-28-44)63(3,4)5)62(54)67-41-66(58-25-13-14-26-59(58)67)48-18-15-19-49(39-48)69-50-32-34-56-55-21-11-12-24-57(55)68(60(56)40-50)61-38-47(35-36-65-61)64(6,7)8;/h9-38,41H,1-8H3;/q-3;/i1D3,2D3,27D,28D,30D,31D;. The Labute approximate surface area is 441 Å². The van der Waals surface area contributed by atoms with E-state index in [1.807, 2.05) is 122 Å². The van der Waals surface area contributed by atoms with Gasteiger partial charge in [-0.1, -0.05) is 162 Å². The number of ether oxygens (including phenoxy) is 1. The fourth-order valence-corrected chi connectivity index (χ4v) is 9.14. The van der Waals surface area contributed by atoms with Crippen molar-refractivity contribution in [2.75, 3.05) is 9.80 Å². The van der Waals surface area contributed by atoms with Crippen molar-refractivity contribution in [2.45, 2.75) is 66.1 Å². The number of anilines is 4. The summed E-state index contributed by atoms with van der Waals surface area (Å²) in [5.41, 5.74) is 6.74. The van der Waals surface area contributed by atoms with Crippen molar-refractivity contribution >= 4 is 44.6 Å². The number of para-hydroxylation sites is 4. The third-order valence-corrected chi connectivity index (χ3v) is 12.7. The van der Waals surface area contributed by atoms with E-state index in [1.54, 1.807) is 48.5 Å². The van der Waals surface area contributed by atoms with Crippen molar-refractivity contribution in [1.82, 2.24) is 9.55 Å². The zero-order valence-corrected chi connectivity index (χ0v) is 41.9. The van der Waals surface area contributed by atoms with Crippen LogP contribution in [0, 0.1) is 32.5 Å². The van der Waals surface area contributed by atoms with Crippen LogP contribution in [0.4, 0.5) is 22.7 Å². The van der Waals surface area contributed by atoms with Crippen LogP contribution in [0.5, 0.6) is 11.5 Å². The average Bonchev–Trinajstić information content (AvgIpc) is 4.06. The average molecular weight is 1100 g/mol. The summed E-state index contributed by atoms with van der Waals surface area (Å²) in [5.74, 6) is 1.64. The van der Waals surface area contributed by atoms with Gasteiger partial charge in [0, 0.05) is 80.7 Å². The maximum Gasteiger partial charge on any atom is 0.135 e. The third kappa shape index (κ3) is 8.51. The Morgan fingerprint density at radius 3 is 1.99 bits per heavy atom. The zero-order valence-electron chi connectivity index (χ0n) is 49.6. The summed E-state index contributed by atoms with van der Waals surface area (Å²) in [6.45, 7) is 8.75. The molecule has 3 heterocycles. The van der Waals surface area contributed by atoms with E-state index in [4.69, 9.17) is 17.9 Å². The Hall–Kier alpha value is -7.20. The molecule has 0 saturated heterocycles. The first-order valence-corrected chi connectivity index (χ1v) is 23.0. The van der Waals surface area contributed by atoms with Gasteiger partial charge in [0.2, 0.25) is 0 Å². The van der Waals surface area contributed by atoms with Gasteiger partial charge in [0.15, 0.2) is 0 Å². The second kappa shape index (κ2) is 18.3. The zero-order chi connectivity index (χ0) is 56.1. The molecule has 5 nitrogen and oxygen atoms in total. The van der Waals surface area contributed by atoms with Gasteiger partial charge in [-0.15, -0.1) is 48.1 Å². The van der Waals surface area contributed by atoms with Crippen LogP contribution in [0.2, 0.25) is 0 Å². The fourth-order valence-electron chi connectivity index (χ4n) is 9.14. The molecule has 11 rings (SSSR count). The Morgan fingerprint density at radius 2 is 1.21 bits per heavy atom. The topological polar surface area (TPSA) is 33.5 Å². The minimum atomic E-state index is -2.69. The van der Waals surface area contributed by atoms with Crippen LogP contribution in [0.3, 0.4) is 0 Å². The molecule has 1 aliphatic heterocycles. The molecule has 0 saturated carbocycles. The van der Waals surface area contributed by atoms with Crippen LogP contribution in [-0.2, 0) is 31.9 Å². The minimum Gasteiger partial charge on any atom is -0.509 e. The quantitative estimate of drug-likeness (QED) is 0.142. The van der Waals surface area contributed by atoms with Crippen LogP contribution in [-0.4, -0.2) is 9.55 Å². The molecule has 2 aromatic heterocycles. The van der Waals surface area contributed by atoms with Gasteiger partial charge in [0.1, 0.15) is 5.82 Å². The number of hydrogen-bond acceptors (Lipinski definition) is 4. The van der Waals surface area contributed by atoms with Crippen molar-refractivity contribution in [3.63, 3.8) is 0 Å². The second-order valence-electron chi connectivity index (χ2n) is 19.4. The summed E-state index contributed by atoms with van der Waals surface area (Å²) >= 11 is 0. The first kappa shape index (κ1) is 35.8. The van der Waals surface area contributed by atoms with E-state index in [9.17, 15) is 5.48 Å². The van der Waals surface area contributed by atoms with E-state index in [-0.39, 0.29) is 84.0 Å². The molecule has 0 atom stereocenters. The van der Waals surface area contributed by atoms with Crippen LogP contribution < -0.4 is 14.5 Å². The molecule has 0 fully saturated rings. The number of fused-ring (bicyclic) bond motifs is 4. The minimum absolute atomic E-state index is 0. The molecular weight excluding hydrogens is 1040 g/mol. The van der Waals surface area contributed by atoms with Crippen molar-refractivity contribution in [2.24, 2.45) is 0 Å². The first-order chi connectivity index (χ1) is 37.4. The second-order valence-corrected chi connectivity index (χ2v) is 19.4. The Morgan fingerprint density at radius 1 is 0.557 bits per heavy atom. The van der Waals surface area contributed by atoms with E-state index in [0.29, 0.717) is 45.3 Å². The van der Waals surface area contributed by atoms with Crippen molar-refractivity contribution in [1.29, 1.82) is 0 Å². The Balaban J connectivity index is 0.00000720. The third-order valence-electron chi connectivity index (χ3n) is 12.7. The molecule has 0 radical (unpaired) electrons. The van der Waals surface area contributed by atoms with Gasteiger partial charge in [0.05, 0.1) is 5.48 Å². The van der Waals surface area contributed by atoms with E-state index < -0.39 is 19.1 Å². The van der Waals surface area contributed by atoms with E-state index in [1.165, 1.54) is 6.07 Å². The van der Waals surface area contributed by atoms with Gasteiger partial charge >= 0.3 is 0 Å². The van der Waals surface area contributed by atoms with Crippen LogP contribution >= 0.6 is 0 Å². The number of aryl methyl sites for hydroxylation is 2. The summed E-state index contributed by atoms with van der Waals surface area (Å²) in [6.07, 6.45) is 1.84. The van der Waals surface area contributed by atoms with Crippen LogP contribution in [0.25, 0.3) is 61.0 Å². The van der Waals surface area contributed by atoms with Gasteiger partial charge in [-0.05, 0) is 105 Å². The molecule has 70 heavy (non-hydrogen) atoms. The smallest absolute Gasteiger partial charge is 0.135 e. The SMILES string of the molecule is [2H]c1c([2H])c(C(C)(C)C)c([2H])c([2H])c1-c1cccc(-c2ccc(-c3ccccc3C([2H])([2H])[2H])c(C([2H])([2H])[2H])c2)c1N1[CH-]N(c2[c-]c(Oc3[c-]c4c(cc3)c3ccccc3n4-c3cc(C(C)(C)C)ccn3)ccc2)c2ccccc21.[Pt]. The number of rotatable bonds is 8. The summed E-state index contributed by atoms with van der Waals surface area (Å²) in [4.78, 5) is 8.70. The molecule has 0 spiro atoms. The summed E-state index contributed by atoms with van der Waals surface area (Å²) in [7, 11) is 0. The van der Waals surface area contributed by atoms with Gasteiger partial charge < -0.3 is 19.1 Å². The molecule has 1 aliphatic rings. The molecular formula is C64H55N4OPt-3. The molecule has 0 bridgehead atoms. The monoisotopic (exact) mass is 1100 g/mol. The predicted octanol–water partition coefficient (Wildman–Crippen LogP) is 17.2. The number of aromatic nitrogens is 2. The van der Waals surface area contributed by atoms with E-state index in [0.717, 1.165) is 38.9 Å². The van der Waals surface area contributed by atoms with Gasteiger partial charge in [-0.3, -0.25) is 0 Å². The molecule has 0 unspecified atom stereocenters. The summed E-state index contributed by atoms with van der Waals surface area (Å²) < 4.78 is 97.9. The molecule has 8 aromatic carbocycles. The Bertz CT molecular complexity index is 4030. The largest absolute Gasteiger partial charge is 0.509 e. The van der Waals surface area contributed by atoms with Crippen molar-refractivity contribution < 1.29 is 39.5 Å². The maximum absolute atomic E-state index is 9.56. The number of nitrogens with zero attached hydrogens (tertiary/aromatic N) is 4. The van der Waals surface area contributed by atoms with Gasteiger partial charge in [-0.2, -0.15) is 12.1 Å². The van der Waals surface area contributed by atoms with Crippen molar-refractivity contribution in [3.05, 3.63) is 223 Å². The van der Waals surface area contributed by atoms with Gasteiger partial charge in [0.25, 0.3) is 0 Å². The van der Waals surface area contributed by atoms with Crippen LogP contribution in [0.1, 0.15) is 77.5 Å². The van der Waals surface area contributed by atoms with E-state index in [2.05, 4.69) is 55.7 Å². The Kier molecular flexibility index (Phi) is 9.36. The molecule has 0 aliphatic carbocycles. The first-order valence-electron chi connectivity index (χ1n) is 28.0. The summed E-state index contributed by atoms with van der Waals surface area (Å²) in [5, 5.41) is 2.05.